The van der Waals surface area contributed by atoms with Gasteiger partial charge in [0, 0.05) is 0 Å². The van der Waals surface area contributed by atoms with E-state index in [1.54, 1.807) is 13.0 Å². The molecule has 1 unspecified atom stereocenters. The predicted molar refractivity (Wildman–Crippen MR) is 107 cm³/mol. The zero-order chi connectivity index (χ0) is 19.2. The Hall–Kier alpha value is -1.38. The van der Waals surface area contributed by atoms with Gasteiger partial charge < -0.3 is 4.74 Å². The van der Waals surface area contributed by atoms with Gasteiger partial charge in [0.25, 0.3) is 0 Å². The number of aryl methyl sites for hydroxylation is 1. The average Bonchev–Trinajstić information content (AvgIpc) is 2.71. The van der Waals surface area contributed by atoms with Crippen molar-refractivity contribution < 1.29 is 13.5 Å². The standard InChI is InChI=1S/C24H34F2O/c1-3-4-5-18-7-11-20(12-8-18)21-13-9-19(10-14-21)16-27-22-15-6-17(2)23(25)24(22)26/h6,9,15,18,20-21H,3-5,7-8,10-14,16H2,1-2H3. The van der Waals surface area contributed by atoms with Crippen LogP contribution in [0.5, 0.6) is 5.75 Å². The molecule has 150 valence electrons. The van der Waals surface area contributed by atoms with Crippen molar-refractivity contribution in [3.63, 3.8) is 0 Å². The first kappa shape index (κ1) is 20.4. The molecule has 0 amide bonds. The minimum atomic E-state index is -0.871. The molecule has 27 heavy (non-hydrogen) atoms. The Bertz CT molecular complexity index is 644. The molecule has 1 nitrogen and oxygen atoms in total. The van der Waals surface area contributed by atoms with Gasteiger partial charge in [0.15, 0.2) is 11.6 Å². The van der Waals surface area contributed by atoms with Crippen LogP contribution in [0.3, 0.4) is 0 Å². The average molecular weight is 377 g/mol. The first-order chi connectivity index (χ1) is 13.1. The lowest BCUT2D eigenvalue weighted by molar-refractivity contribution is 0.183. The molecule has 1 saturated carbocycles. The normalized spacial score (nSPS) is 25.9. The van der Waals surface area contributed by atoms with E-state index in [4.69, 9.17) is 4.74 Å². The molecule has 3 rings (SSSR count). The summed E-state index contributed by atoms with van der Waals surface area (Å²) >= 11 is 0. The first-order valence-electron chi connectivity index (χ1n) is 10.8. The lowest BCUT2D eigenvalue weighted by Gasteiger charge is -2.35. The highest BCUT2D eigenvalue weighted by atomic mass is 19.2. The molecule has 0 N–H and O–H groups in total. The molecule has 1 fully saturated rings. The maximum Gasteiger partial charge on any atom is 0.200 e. The number of hydrogen-bond acceptors (Lipinski definition) is 1. The third-order valence-electron chi connectivity index (χ3n) is 6.72. The third kappa shape index (κ3) is 5.33. The van der Waals surface area contributed by atoms with E-state index >= 15 is 0 Å². The second kappa shape index (κ2) is 9.71. The molecular weight excluding hydrogens is 342 g/mol. The fourth-order valence-electron chi connectivity index (χ4n) is 4.82. The molecule has 2 aliphatic rings. The van der Waals surface area contributed by atoms with Gasteiger partial charge in [-0.2, -0.15) is 4.39 Å². The van der Waals surface area contributed by atoms with Gasteiger partial charge in [-0.15, -0.1) is 0 Å². The second-order valence-electron chi connectivity index (χ2n) is 8.62. The number of hydrogen-bond donors (Lipinski definition) is 0. The zero-order valence-corrected chi connectivity index (χ0v) is 16.9. The summed E-state index contributed by atoms with van der Waals surface area (Å²) in [5.41, 5.74) is 1.53. The van der Waals surface area contributed by atoms with Crippen molar-refractivity contribution in [3.05, 3.63) is 41.0 Å². The fourth-order valence-corrected chi connectivity index (χ4v) is 4.82. The minimum Gasteiger partial charge on any atom is -0.486 e. The maximum absolute atomic E-state index is 13.9. The Morgan fingerprint density at radius 2 is 1.78 bits per heavy atom. The van der Waals surface area contributed by atoms with Gasteiger partial charge in [-0.05, 0) is 74.0 Å². The van der Waals surface area contributed by atoms with Gasteiger partial charge in [0.2, 0.25) is 5.82 Å². The number of allylic oxidation sites excluding steroid dienone is 1. The van der Waals surface area contributed by atoms with Crippen molar-refractivity contribution in [2.45, 2.75) is 78.1 Å². The SMILES string of the molecule is CCCCC1CCC(C2CC=C(COc3ccc(C)c(F)c3F)CC2)CC1. The molecule has 0 radical (unpaired) electrons. The van der Waals surface area contributed by atoms with E-state index in [9.17, 15) is 8.78 Å². The third-order valence-corrected chi connectivity index (χ3v) is 6.72. The molecule has 1 atom stereocenters. The smallest absolute Gasteiger partial charge is 0.200 e. The summed E-state index contributed by atoms with van der Waals surface area (Å²) < 4.78 is 33.1. The molecule has 0 saturated heterocycles. The zero-order valence-electron chi connectivity index (χ0n) is 16.9. The molecule has 1 aromatic carbocycles. The molecule has 0 spiro atoms. The summed E-state index contributed by atoms with van der Waals surface area (Å²) in [6, 6.07) is 3.09. The summed E-state index contributed by atoms with van der Waals surface area (Å²) in [6.45, 7) is 4.21. The Balaban J connectivity index is 1.45. The van der Waals surface area contributed by atoms with Gasteiger partial charge in [-0.25, -0.2) is 4.39 Å². The highest BCUT2D eigenvalue weighted by molar-refractivity contribution is 5.30. The quantitative estimate of drug-likeness (QED) is 0.451. The Morgan fingerprint density at radius 1 is 1.00 bits per heavy atom. The number of halogens is 2. The van der Waals surface area contributed by atoms with E-state index in [2.05, 4.69) is 13.0 Å². The van der Waals surface area contributed by atoms with E-state index < -0.39 is 11.6 Å². The predicted octanol–water partition coefficient (Wildman–Crippen LogP) is 7.38. The van der Waals surface area contributed by atoms with Crippen molar-refractivity contribution in [1.82, 2.24) is 0 Å². The summed E-state index contributed by atoms with van der Waals surface area (Å²) in [4.78, 5) is 0. The first-order valence-corrected chi connectivity index (χ1v) is 10.8. The lowest BCUT2D eigenvalue weighted by Crippen LogP contribution is -2.24. The largest absolute Gasteiger partial charge is 0.486 e. The lowest BCUT2D eigenvalue weighted by atomic mass is 9.71. The van der Waals surface area contributed by atoms with Crippen LogP contribution in [0.4, 0.5) is 8.78 Å². The van der Waals surface area contributed by atoms with Crippen LogP contribution in [0.15, 0.2) is 23.8 Å². The highest BCUT2D eigenvalue weighted by Crippen LogP contribution is 2.40. The van der Waals surface area contributed by atoms with Crippen molar-refractivity contribution in [1.29, 1.82) is 0 Å². The van der Waals surface area contributed by atoms with Gasteiger partial charge in [-0.3, -0.25) is 0 Å². The van der Waals surface area contributed by atoms with Gasteiger partial charge in [0.1, 0.15) is 6.61 Å². The summed E-state index contributed by atoms with van der Waals surface area (Å²) in [7, 11) is 0. The molecular formula is C24H34F2O. The van der Waals surface area contributed by atoms with E-state index in [0.717, 1.165) is 30.6 Å². The van der Waals surface area contributed by atoms with Crippen LogP contribution in [0.2, 0.25) is 0 Å². The topological polar surface area (TPSA) is 9.23 Å². The monoisotopic (exact) mass is 376 g/mol. The van der Waals surface area contributed by atoms with Gasteiger partial charge >= 0.3 is 0 Å². The molecule has 3 heteroatoms. The van der Waals surface area contributed by atoms with Crippen LogP contribution in [-0.2, 0) is 0 Å². The van der Waals surface area contributed by atoms with E-state index in [1.807, 2.05) is 0 Å². The number of unbranched alkanes of at least 4 members (excludes halogenated alkanes) is 1. The number of rotatable bonds is 7. The minimum absolute atomic E-state index is 0.0199. The van der Waals surface area contributed by atoms with Crippen LogP contribution < -0.4 is 4.74 Å². The molecule has 1 aromatic rings. The molecule has 0 heterocycles. The number of benzene rings is 1. The number of ether oxygens (including phenoxy) is 1. The van der Waals surface area contributed by atoms with E-state index in [-0.39, 0.29) is 5.75 Å². The Labute approximate surface area is 163 Å². The van der Waals surface area contributed by atoms with Crippen molar-refractivity contribution in [3.8, 4) is 5.75 Å². The van der Waals surface area contributed by atoms with Crippen molar-refractivity contribution >= 4 is 0 Å². The molecule has 0 bridgehead atoms. The van der Waals surface area contributed by atoms with E-state index in [0.29, 0.717) is 12.2 Å². The second-order valence-corrected chi connectivity index (χ2v) is 8.62. The van der Waals surface area contributed by atoms with Crippen LogP contribution in [0.25, 0.3) is 0 Å². The summed E-state index contributed by atoms with van der Waals surface area (Å²) in [6.07, 6.45) is 15.4. The van der Waals surface area contributed by atoms with Crippen LogP contribution >= 0.6 is 0 Å². The maximum atomic E-state index is 13.9. The fraction of sp³-hybridized carbons (Fsp3) is 0.667. The molecule has 0 aliphatic heterocycles. The highest BCUT2D eigenvalue weighted by Gasteiger charge is 2.28. The summed E-state index contributed by atoms with van der Waals surface area (Å²) in [5.74, 6) is 0.990. The van der Waals surface area contributed by atoms with Crippen LogP contribution in [0.1, 0.15) is 76.7 Å². The molecule has 2 aliphatic carbocycles. The van der Waals surface area contributed by atoms with Crippen LogP contribution in [-0.4, -0.2) is 6.61 Å². The van der Waals surface area contributed by atoms with Gasteiger partial charge in [0.05, 0.1) is 0 Å². The molecule has 0 aromatic heterocycles. The van der Waals surface area contributed by atoms with Crippen molar-refractivity contribution in [2.24, 2.45) is 17.8 Å². The van der Waals surface area contributed by atoms with Crippen LogP contribution in [0, 0.1) is 36.3 Å². The van der Waals surface area contributed by atoms with Crippen molar-refractivity contribution in [2.75, 3.05) is 6.61 Å². The Kier molecular flexibility index (Phi) is 7.32. The summed E-state index contributed by atoms with van der Waals surface area (Å²) in [5, 5.41) is 0. The Morgan fingerprint density at radius 3 is 2.44 bits per heavy atom. The van der Waals surface area contributed by atoms with Gasteiger partial charge in [-0.1, -0.05) is 51.2 Å². The van der Waals surface area contributed by atoms with E-state index in [1.165, 1.54) is 63.0 Å².